The van der Waals surface area contributed by atoms with Crippen LogP contribution in [0.25, 0.3) is 6.08 Å². The number of para-hydroxylation sites is 1. The minimum atomic E-state index is -0.116. The lowest BCUT2D eigenvalue weighted by atomic mass is 10.1. The highest BCUT2D eigenvalue weighted by molar-refractivity contribution is 5.99. The lowest BCUT2D eigenvalue weighted by molar-refractivity contribution is -0.118. The number of benzene rings is 1. The van der Waals surface area contributed by atoms with Crippen LogP contribution in [0, 0.1) is 0 Å². The summed E-state index contributed by atoms with van der Waals surface area (Å²) in [6.45, 7) is 5.37. The van der Waals surface area contributed by atoms with Gasteiger partial charge in [-0.1, -0.05) is 12.1 Å². The van der Waals surface area contributed by atoms with Crippen LogP contribution in [0.4, 0.5) is 0 Å². The van der Waals surface area contributed by atoms with E-state index in [1.54, 1.807) is 12.5 Å². The summed E-state index contributed by atoms with van der Waals surface area (Å²) in [5.74, 6) is 1.29. The third-order valence-electron chi connectivity index (χ3n) is 3.72. The number of imidazole rings is 1. The second-order valence-electron chi connectivity index (χ2n) is 5.70. The highest BCUT2D eigenvalue weighted by Crippen LogP contribution is 2.35. The molecule has 3 rings (SSSR count). The molecule has 0 aliphatic carbocycles. The number of aromatic nitrogens is 2. The zero-order valence-electron chi connectivity index (χ0n) is 13.9. The lowest BCUT2D eigenvalue weighted by Crippen LogP contribution is -2.37. The Hall–Kier alpha value is -2.76. The zero-order valence-corrected chi connectivity index (χ0v) is 13.9. The van der Waals surface area contributed by atoms with Crippen molar-refractivity contribution in [3.63, 3.8) is 0 Å². The van der Waals surface area contributed by atoms with Gasteiger partial charge < -0.3 is 19.4 Å². The largest absolute Gasteiger partial charge is 0.490 e. The minimum absolute atomic E-state index is 0.0104. The molecule has 0 bridgehead atoms. The molecular formula is C18H21N3O3. The van der Waals surface area contributed by atoms with E-state index in [2.05, 4.69) is 10.3 Å². The van der Waals surface area contributed by atoms with Gasteiger partial charge in [-0.2, -0.15) is 0 Å². The molecule has 0 spiro atoms. The Bertz CT molecular complexity index is 738. The summed E-state index contributed by atoms with van der Waals surface area (Å²) in [6, 6.07) is 5.67. The average Bonchev–Trinajstić information content (AvgIpc) is 3.07. The number of carbonyl (C=O) groups excluding carboxylic acids is 1. The van der Waals surface area contributed by atoms with Gasteiger partial charge in [-0.25, -0.2) is 4.98 Å². The number of nitrogens with zero attached hydrogens (tertiary/aromatic N) is 2. The normalized spacial score (nSPS) is 14.2. The molecule has 1 atom stereocenters. The van der Waals surface area contributed by atoms with Gasteiger partial charge in [0, 0.05) is 30.5 Å². The van der Waals surface area contributed by atoms with E-state index in [4.69, 9.17) is 9.47 Å². The smallest absolute Gasteiger partial charge is 0.250 e. The Labute approximate surface area is 141 Å². The molecule has 126 valence electrons. The SMILES string of the molecule is CCOc1cccc2c1OCC(C(=O)N[C@H](C)Cn1ccnc1)=C2. The second-order valence-corrected chi connectivity index (χ2v) is 5.70. The van der Waals surface area contributed by atoms with Crippen molar-refractivity contribution in [2.24, 2.45) is 0 Å². The summed E-state index contributed by atoms with van der Waals surface area (Å²) in [4.78, 5) is 16.4. The van der Waals surface area contributed by atoms with E-state index in [9.17, 15) is 4.79 Å². The van der Waals surface area contributed by atoms with Gasteiger partial charge in [-0.05, 0) is 26.0 Å². The number of hydrogen-bond donors (Lipinski definition) is 1. The molecule has 2 heterocycles. The van der Waals surface area contributed by atoms with E-state index >= 15 is 0 Å². The highest BCUT2D eigenvalue weighted by atomic mass is 16.5. The zero-order chi connectivity index (χ0) is 16.9. The number of rotatable bonds is 6. The maximum atomic E-state index is 12.4. The third kappa shape index (κ3) is 3.59. The average molecular weight is 327 g/mol. The molecule has 6 heteroatoms. The molecule has 0 unspecified atom stereocenters. The van der Waals surface area contributed by atoms with Gasteiger partial charge in [-0.3, -0.25) is 4.79 Å². The number of hydrogen-bond acceptors (Lipinski definition) is 4. The first-order valence-corrected chi connectivity index (χ1v) is 8.03. The van der Waals surface area contributed by atoms with Crippen molar-refractivity contribution in [3.05, 3.63) is 48.1 Å². The van der Waals surface area contributed by atoms with Crippen molar-refractivity contribution in [2.75, 3.05) is 13.2 Å². The van der Waals surface area contributed by atoms with Gasteiger partial charge in [0.05, 0.1) is 18.5 Å². The second kappa shape index (κ2) is 7.21. The Morgan fingerprint density at radius 2 is 2.38 bits per heavy atom. The fraction of sp³-hybridized carbons (Fsp3) is 0.333. The lowest BCUT2D eigenvalue weighted by Gasteiger charge is -2.21. The predicted molar refractivity (Wildman–Crippen MR) is 90.9 cm³/mol. The molecule has 1 aliphatic heterocycles. The van der Waals surface area contributed by atoms with Gasteiger partial charge in [0.15, 0.2) is 11.5 Å². The first-order chi connectivity index (χ1) is 11.7. The highest BCUT2D eigenvalue weighted by Gasteiger charge is 2.21. The molecule has 1 aliphatic rings. The molecule has 0 saturated heterocycles. The van der Waals surface area contributed by atoms with Crippen molar-refractivity contribution in [1.29, 1.82) is 0 Å². The molecular weight excluding hydrogens is 306 g/mol. The minimum Gasteiger partial charge on any atom is -0.490 e. The Balaban J connectivity index is 1.69. The number of ether oxygens (including phenoxy) is 2. The van der Waals surface area contributed by atoms with E-state index in [1.165, 1.54) is 0 Å². The van der Waals surface area contributed by atoms with Crippen LogP contribution in [0.5, 0.6) is 11.5 Å². The van der Waals surface area contributed by atoms with Crippen LogP contribution in [0.3, 0.4) is 0 Å². The quantitative estimate of drug-likeness (QED) is 0.884. The first kappa shape index (κ1) is 16.1. The van der Waals surface area contributed by atoms with Crippen LogP contribution in [0.2, 0.25) is 0 Å². The maximum Gasteiger partial charge on any atom is 0.250 e. The maximum absolute atomic E-state index is 12.4. The van der Waals surface area contributed by atoms with Crippen molar-refractivity contribution in [3.8, 4) is 11.5 Å². The van der Waals surface area contributed by atoms with Gasteiger partial charge in [0.1, 0.15) is 6.61 Å². The number of carbonyl (C=O) groups is 1. The summed E-state index contributed by atoms with van der Waals surface area (Å²) < 4.78 is 13.2. The van der Waals surface area contributed by atoms with Crippen LogP contribution in [0.1, 0.15) is 19.4 Å². The van der Waals surface area contributed by atoms with Crippen molar-refractivity contribution in [2.45, 2.75) is 26.4 Å². The third-order valence-corrected chi connectivity index (χ3v) is 3.72. The van der Waals surface area contributed by atoms with E-state index < -0.39 is 0 Å². The van der Waals surface area contributed by atoms with Crippen LogP contribution in [0.15, 0.2) is 42.5 Å². The summed E-state index contributed by atoms with van der Waals surface area (Å²) in [7, 11) is 0. The monoisotopic (exact) mass is 327 g/mol. The Morgan fingerprint density at radius 3 is 3.12 bits per heavy atom. The summed E-state index contributed by atoms with van der Waals surface area (Å²) in [6.07, 6.45) is 7.19. The fourth-order valence-corrected chi connectivity index (χ4v) is 2.65. The summed E-state index contributed by atoms with van der Waals surface area (Å²) >= 11 is 0. The van der Waals surface area contributed by atoms with Gasteiger partial charge in [0.25, 0.3) is 5.91 Å². The number of fused-ring (bicyclic) bond motifs is 1. The van der Waals surface area contributed by atoms with E-state index in [1.807, 2.05) is 48.9 Å². The first-order valence-electron chi connectivity index (χ1n) is 8.03. The predicted octanol–water partition coefficient (Wildman–Crippen LogP) is 2.26. The number of amides is 1. The van der Waals surface area contributed by atoms with Crippen LogP contribution >= 0.6 is 0 Å². The van der Waals surface area contributed by atoms with E-state index in [0.29, 0.717) is 30.2 Å². The molecule has 1 N–H and O–H groups in total. The number of nitrogens with one attached hydrogen (secondary N) is 1. The molecule has 2 aromatic rings. The Kier molecular flexibility index (Phi) is 4.84. The molecule has 24 heavy (non-hydrogen) atoms. The van der Waals surface area contributed by atoms with Gasteiger partial charge >= 0.3 is 0 Å². The van der Waals surface area contributed by atoms with Gasteiger partial charge in [-0.15, -0.1) is 0 Å². The van der Waals surface area contributed by atoms with E-state index in [0.717, 1.165) is 5.56 Å². The molecule has 0 fully saturated rings. The van der Waals surface area contributed by atoms with E-state index in [-0.39, 0.29) is 18.6 Å². The van der Waals surface area contributed by atoms with Crippen molar-refractivity contribution >= 4 is 12.0 Å². The summed E-state index contributed by atoms with van der Waals surface area (Å²) in [5.41, 5.74) is 1.47. The molecule has 0 saturated carbocycles. The van der Waals surface area contributed by atoms with Crippen LogP contribution in [-0.4, -0.2) is 34.7 Å². The molecule has 1 amide bonds. The molecule has 0 radical (unpaired) electrons. The molecule has 6 nitrogen and oxygen atoms in total. The topological polar surface area (TPSA) is 65.4 Å². The van der Waals surface area contributed by atoms with Crippen LogP contribution < -0.4 is 14.8 Å². The summed E-state index contributed by atoms with van der Waals surface area (Å²) in [5, 5.41) is 2.99. The fourth-order valence-electron chi connectivity index (χ4n) is 2.65. The van der Waals surface area contributed by atoms with Crippen LogP contribution in [-0.2, 0) is 11.3 Å². The molecule has 1 aromatic heterocycles. The Morgan fingerprint density at radius 1 is 1.50 bits per heavy atom. The van der Waals surface area contributed by atoms with Gasteiger partial charge in [0.2, 0.25) is 0 Å². The molecule has 1 aromatic carbocycles. The van der Waals surface area contributed by atoms with Crippen molar-refractivity contribution in [1.82, 2.24) is 14.9 Å². The van der Waals surface area contributed by atoms with Crippen molar-refractivity contribution < 1.29 is 14.3 Å². The standard InChI is InChI=1S/C18H21N3O3/c1-3-23-16-6-4-5-14-9-15(11-24-17(14)16)18(22)20-13(2)10-21-8-7-19-12-21/h4-9,12-13H,3,10-11H2,1-2H3,(H,20,22)/t13-/m1/s1.